The molecule has 3 unspecified atom stereocenters. The van der Waals surface area contributed by atoms with Crippen LogP contribution in [-0.4, -0.2) is 30.8 Å². The second-order valence-electron chi connectivity index (χ2n) is 6.01. The first-order valence-corrected chi connectivity index (χ1v) is 7.53. The summed E-state index contributed by atoms with van der Waals surface area (Å²) >= 11 is 0. The van der Waals surface area contributed by atoms with Crippen LogP contribution in [0.2, 0.25) is 0 Å². The lowest BCUT2D eigenvalue weighted by molar-refractivity contribution is -0.149. The number of ether oxygens (including phenoxy) is 2. The quantitative estimate of drug-likeness (QED) is 0.571. The van der Waals surface area contributed by atoms with Gasteiger partial charge in [0.25, 0.3) is 0 Å². The predicted octanol–water partition coefficient (Wildman–Crippen LogP) is 2.64. The monoisotopic (exact) mass is 271 g/mol. The molecule has 0 aromatic carbocycles. The van der Waals surface area contributed by atoms with Crippen LogP contribution in [0.15, 0.2) is 0 Å². The third-order valence-electron chi connectivity index (χ3n) is 3.82. The van der Waals surface area contributed by atoms with Crippen LogP contribution in [0.5, 0.6) is 0 Å². The highest BCUT2D eigenvalue weighted by atomic mass is 16.5. The molecule has 0 aromatic rings. The summed E-state index contributed by atoms with van der Waals surface area (Å²) < 4.78 is 10.8. The number of carbonyl (C=O) groups is 1. The summed E-state index contributed by atoms with van der Waals surface area (Å²) in [6, 6.07) is 0. The molecule has 0 aliphatic heterocycles. The van der Waals surface area contributed by atoms with E-state index in [-0.39, 0.29) is 5.97 Å². The van der Waals surface area contributed by atoms with Gasteiger partial charge in [-0.3, -0.25) is 4.79 Å². The van der Waals surface area contributed by atoms with Crippen molar-refractivity contribution < 1.29 is 14.3 Å². The molecule has 112 valence electrons. The zero-order chi connectivity index (χ0) is 14.3. The molecule has 1 fully saturated rings. The predicted molar refractivity (Wildman–Crippen MR) is 75.8 cm³/mol. The Balaban J connectivity index is 2.17. The van der Waals surface area contributed by atoms with E-state index >= 15 is 0 Å². The van der Waals surface area contributed by atoms with Gasteiger partial charge in [0.2, 0.25) is 0 Å². The molecule has 0 saturated heterocycles. The van der Waals surface area contributed by atoms with Gasteiger partial charge in [-0.1, -0.05) is 19.8 Å². The Bertz CT molecular complexity index is 279. The van der Waals surface area contributed by atoms with Crippen molar-refractivity contribution in [1.29, 1.82) is 0 Å². The fourth-order valence-corrected chi connectivity index (χ4v) is 2.62. The first kappa shape index (κ1) is 16.4. The molecule has 1 rings (SSSR count). The third-order valence-corrected chi connectivity index (χ3v) is 3.82. The van der Waals surface area contributed by atoms with Gasteiger partial charge in [0.15, 0.2) is 0 Å². The van der Waals surface area contributed by atoms with Crippen LogP contribution in [0.25, 0.3) is 0 Å². The zero-order valence-corrected chi connectivity index (χ0v) is 12.6. The first-order valence-electron chi connectivity index (χ1n) is 7.53. The lowest BCUT2D eigenvalue weighted by Gasteiger charge is -2.27. The van der Waals surface area contributed by atoms with E-state index in [9.17, 15) is 4.79 Å². The molecule has 4 nitrogen and oxygen atoms in total. The molecule has 3 atom stereocenters. The smallest absolute Gasteiger partial charge is 0.325 e. The Morgan fingerprint density at radius 1 is 1.42 bits per heavy atom. The highest BCUT2D eigenvalue weighted by Crippen LogP contribution is 2.26. The summed E-state index contributed by atoms with van der Waals surface area (Å²) in [6.45, 7) is 6.87. The molecule has 2 N–H and O–H groups in total. The van der Waals surface area contributed by atoms with E-state index < -0.39 is 5.54 Å². The third kappa shape index (κ3) is 5.91. The zero-order valence-electron chi connectivity index (χ0n) is 12.6. The summed E-state index contributed by atoms with van der Waals surface area (Å²) in [5.74, 6) is 0.458. The molecule has 1 aliphatic rings. The number of nitrogens with two attached hydrogens (primary N) is 1. The lowest BCUT2D eigenvalue weighted by Crippen LogP contribution is -2.46. The maximum atomic E-state index is 11.6. The molecule has 19 heavy (non-hydrogen) atoms. The normalized spacial score (nSPS) is 26.7. The van der Waals surface area contributed by atoms with Crippen molar-refractivity contribution in [2.45, 2.75) is 70.9 Å². The van der Waals surface area contributed by atoms with Crippen LogP contribution < -0.4 is 5.73 Å². The van der Waals surface area contributed by atoms with Crippen molar-refractivity contribution >= 4 is 5.97 Å². The number of esters is 1. The molecule has 0 aromatic heterocycles. The molecule has 0 spiro atoms. The van der Waals surface area contributed by atoms with Crippen molar-refractivity contribution in [1.82, 2.24) is 0 Å². The molecule has 0 amide bonds. The Kier molecular flexibility index (Phi) is 6.80. The van der Waals surface area contributed by atoms with E-state index in [2.05, 4.69) is 6.92 Å². The van der Waals surface area contributed by atoms with E-state index in [1.165, 1.54) is 19.3 Å². The summed E-state index contributed by atoms with van der Waals surface area (Å²) in [7, 11) is 0. The molecule has 4 heteroatoms. The minimum Gasteiger partial charge on any atom is -0.465 e. The Labute approximate surface area is 117 Å². The number of hydrogen-bond donors (Lipinski definition) is 1. The Hall–Kier alpha value is -0.610. The molecule has 0 radical (unpaired) electrons. The molecule has 1 aliphatic carbocycles. The molecule has 1 saturated carbocycles. The van der Waals surface area contributed by atoms with E-state index in [0.29, 0.717) is 25.7 Å². The lowest BCUT2D eigenvalue weighted by atomic mass is 9.89. The van der Waals surface area contributed by atoms with Crippen molar-refractivity contribution in [3.8, 4) is 0 Å². The van der Waals surface area contributed by atoms with Gasteiger partial charge in [0.1, 0.15) is 5.54 Å². The standard InChI is InChI=1S/C15H29NO3/c1-4-18-14(17)15(3,16)9-6-10-19-13-8-5-7-12(2)11-13/h12-13H,4-11,16H2,1-3H3. The van der Waals surface area contributed by atoms with Crippen molar-refractivity contribution in [3.63, 3.8) is 0 Å². The molecule has 0 heterocycles. The van der Waals surface area contributed by atoms with Crippen molar-refractivity contribution in [3.05, 3.63) is 0 Å². The minimum atomic E-state index is -0.890. The summed E-state index contributed by atoms with van der Waals surface area (Å²) in [5, 5.41) is 0. The summed E-state index contributed by atoms with van der Waals surface area (Å²) in [4.78, 5) is 11.6. The van der Waals surface area contributed by atoms with E-state index in [0.717, 1.165) is 18.8 Å². The second-order valence-corrected chi connectivity index (χ2v) is 6.01. The largest absolute Gasteiger partial charge is 0.465 e. The average Bonchev–Trinajstić information content (AvgIpc) is 2.35. The van der Waals surface area contributed by atoms with Crippen molar-refractivity contribution in [2.75, 3.05) is 13.2 Å². The first-order chi connectivity index (χ1) is 8.95. The number of rotatable bonds is 7. The van der Waals surface area contributed by atoms with E-state index in [1.807, 2.05) is 0 Å². The van der Waals surface area contributed by atoms with Gasteiger partial charge in [-0.15, -0.1) is 0 Å². The SMILES string of the molecule is CCOC(=O)C(C)(N)CCCOC1CCCC(C)C1. The Morgan fingerprint density at radius 3 is 2.79 bits per heavy atom. The van der Waals surface area contributed by atoms with Crippen LogP contribution in [-0.2, 0) is 14.3 Å². The van der Waals surface area contributed by atoms with Crippen LogP contribution in [0, 0.1) is 5.92 Å². The number of hydrogen-bond acceptors (Lipinski definition) is 4. The fourth-order valence-electron chi connectivity index (χ4n) is 2.62. The van der Waals surface area contributed by atoms with Gasteiger partial charge < -0.3 is 15.2 Å². The maximum absolute atomic E-state index is 11.6. The van der Waals surface area contributed by atoms with E-state index in [1.54, 1.807) is 13.8 Å². The van der Waals surface area contributed by atoms with Gasteiger partial charge in [0, 0.05) is 6.61 Å². The van der Waals surface area contributed by atoms with Crippen LogP contribution in [0.3, 0.4) is 0 Å². The van der Waals surface area contributed by atoms with Gasteiger partial charge in [-0.25, -0.2) is 0 Å². The van der Waals surface area contributed by atoms with Gasteiger partial charge in [-0.05, 0) is 45.4 Å². The van der Waals surface area contributed by atoms with Crippen LogP contribution >= 0.6 is 0 Å². The highest BCUT2D eigenvalue weighted by Gasteiger charge is 2.29. The van der Waals surface area contributed by atoms with Crippen LogP contribution in [0.1, 0.15) is 59.3 Å². The van der Waals surface area contributed by atoms with E-state index in [4.69, 9.17) is 15.2 Å². The Morgan fingerprint density at radius 2 is 2.16 bits per heavy atom. The topological polar surface area (TPSA) is 61.5 Å². The van der Waals surface area contributed by atoms with Crippen molar-refractivity contribution in [2.24, 2.45) is 11.7 Å². The molecular formula is C15H29NO3. The fraction of sp³-hybridized carbons (Fsp3) is 0.933. The van der Waals surface area contributed by atoms with Crippen LogP contribution in [0.4, 0.5) is 0 Å². The van der Waals surface area contributed by atoms with Gasteiger partial charge in [0.05, 0.1) is 12.7 Å². The molecule has 0 bridgehead atoms. The van der Waals surface area contributed by atoms with Gasteiger partial charge >= 0.3 is 5.97 Å². The second kappa shape index (κ2) is 7.85. The maximum Gasteiger partial charge on any atom is 0.325 e. The average molecular weight is 271 g/mol. The summed E-state index contributed by atoms with van der Waals surface area (Å²) in [5.41, 5.74) is 5.07. The van der Waals surface area contributed by atoms with Gasteiger partial charge in [-0.2, -0.15) is 0 Å². The number of carbonyl (C=O) groups excluding carboxylic acids is 1. The molecular weight excluding hydrogens is 242 g/mol. The summed E-state index contributed by atoms with van der Waals surface area (Å²) in [6.07, 6.45) is 6.73. The highest BCUT2D eigenvalue weighted by molar-refractivity contribution is 5.79. The minimum absolute atomic E-state index is 0.318.